The van der Waals surface area contributed by atoms with Crippen LogP contribution in [0.2, 0.25) is 5.02 Å². The predicted molar refractivity (Wildman–Crippen MR) is 78.1 cm³/mol. The Morgan fingerprint density at radius 3 is 2.75 bits per heavy atom. The molecule has 0 spiro atoms. The number of hydrogen-bond donors (Lipinski definition) is 1. The molecule has 0 atom stereocenters. The molecule has 20 heavy (non-hydrogen) atoms. The fourth-order valence-electron chi connectivity index (χ4n) is 2.02. The molecule has 0 amide bonds. The Kier molecular flexibility index (Phi) is 4.24. The highest BCUT2D eigenvalue weighted by Gasteiger charge is 2.24. The van der Waals surface area contributed by atoms with Crippen LogP contribution in [0.1, 0.15) is 18.2 Å². The Morgan fingerprint density at radius 1 is 1.45 bits per heavy atom. The molecule has 0 fully saturated rings. The van der Waals surface area contributed by atoms with Gasteiger partial charge in [-0.2, -0.15) is 5.10 Å². The average Bonchev–Trinajstić information content (AvgIpc) is 2.74. The molecule has 0 unspecified atom stereocenters. The van der Waals surface area contributed by atoms with Crippen LogP contribution in [0.4, 0.5) is 11.5 Å². The highest BCUT2D eigenvalue weighted by molar-refractivity contribution is 6.31. The third kappa shape index (κ3) is 2.75. The fraction of sp³-hybridized carbons (Fsp3) is 0.308. The number of hydrogen-bond acceptors (Lipinski definition) is 4. The van der Waals surface area contributed by atoms with Gasteiger partial charge < -0.3 is 5.32 Å². The van der Waals surface area contributed by atoms with Crippen molar-refractivity contribution in [3.63, 3.8) is 0 Å². The van der Waals surface area contributed by atoms with Gasteiger partial charge in [0.25, 0.3) is 0 Å². The summed E-state index contributed by atoms with van der Waals surface area (Å²) in [7, 11) is 0. The fourth-order valence-corrected chi connectivity index (χ4v) is 2.22. The molecule has 0 aliphatic rings. The molecule has 6 nitrogen and oxygen atoms in total. The summed E-state index contributed by atoms with van der Waals surface area (Å²) in [5, 5.41) is 19.0. The van der Waals surface area contributed by atoms with E-state index >= 15 is 0 Å². The largest absolute Gasteiger partial charge is 0.360 e. The summed E-state index contributed by atoms with van der Waals surface area (Å²) in [6.45, 7) is 4.48. The van der Waals surface area contributed by atoms with Gasteiger partial charge in [-0.3, -0.25) is 10.1 Å². The Morgan fingerprint density at radius 2 is 2.15 bits per heavy atom. The van der Waals surface area contributed by atoms with Gasteiger partial charge in [-0.05, 0) is 25.5 Å². The molecule has 106 valence electrons. The number of nitrogens with one attached hydrogen (secondary N) is 1. The number of anilines is 1. The van der Waals surface area contributed by atoms with E-state index in [1.807, 2.05) is 25.1 Å². The van der Waals surface area contributed by atoms with Crippen molar-refractivity contribution >= 4 is 23.1 Å². The van der Waals surface area contributed by atoms with E-state index in [9.17, 15) is 10.1 Å². The molecule has 0 bridgehead atoms. The molecule has 0 saturated heterocycles. The monoisotopic (exact) mass is 294 g/mol. The summed E-state index contributed by atoms with van der Waals surface area (Å²) < 4.78 is 1.59. The van der Waals surface area contributed by atoms with E-state index in [2.05, 4.69) is 10.4 Å². The number of halogens is 1. The standard InChI is InChI=1S/C13H15ClN4O2/c1-3-17-13(12(18(19)20)9(2)16-17)15-8-10-6-4-5-7-11(10)14/h4-7,15H,3,8H2,1-2H3. The van der Waals surface area contributed by atoms with Gasteiger partial charge >= 0.3 is 5.69 Å². The number of rotatable bonds is 5. The van der Waals surface area contributed by atoms with Crippen molar-refractivity contribution in [3.8, 4) is 0 Å². The van der Waals surface area contributed by atoms with Gasteiger partial charge in [0.2, 0.25) is 5.82 Å². The lowest BCUT2D eigenvalue weighted by atomic mass is 10.2. The first-order valence-corrected chi connectivity index (χ1v) is 6.61. The first-order chi connectivity index (χ1) is 9.54. The minimum Gasteiger partial charge on any atom is -0.360 e. The molecule has 1 N–H and O–H groups in total. The Balaban J connectivity index is 2.29. The molecular weight excluding hydrogens is 280 g/mol. The van der Waals surface area contributed by atoms with Crippen LogP contribution in [0.5, 0.6) is 0 Å². The van der Waals surface area contributed by atoms with Gasteiger partial charge in [0, 0.05) is 18.1 Å². The second kappa shape index (κ2) is 5.92. The number of aryl methyl sites for hydroxylation is 2. The third-order valence-electron chi connectivity index (χ3n) is 2.98. The van der Waals surface area contributed by atoms with Crippen molar-refractivity contribution in [3.05, 3.63) is 50.7 Å². The van der Waals surface area contributed by atoms with Crippen LogP contribution in [0.25, 0.3) is 0 Å². The molecule has 2 rings (SSSR count). The van der Waals surface area contributed by atoms with Crippen molar-refractivity contribution in [2.75, 3.05) is 5.32 Å². The summed E-state index contributed by atoms with van der Waals surface area (Å²) in [5.74, 6) is 0.412. The molecule has 0 aliphatic heterocycles. The molecule has 0 aliphatic carbocycles. The minimum atomic E-state index is -0.413. The number of nitrogens with zero attached hydrogens (tertiary/aromatic N) is 3. The zero-order valence-electron chi connectivity index (χ0n) is 11.3. The van der Waals surface area contributed by atoms with Crippen LogP contribution in [0.3, 0.4) is 0 Å². The maximum atomic E-state index is 11.1. The summed E-state index contributed by atoms with van der Waals surface area (Å²) in [6.07, 6.45) is 0. The van der Waals surface area contributed by atoms with Gasteiger partial charge in [0.05, 0.1) is 4.92 Å². The third-order valence-corrected chi connectivity index (χ3v) is 3.35. The van der Waals surface area contributed by atoms with Crippen LogP contribution in [0.15, 0.2) is 24.3 Å². The SMILES string of the molecule is CCn1nc(C)c([N+](=O)[O-])c1NCc1ccccc1Cl. The van der Waals surface area contributed by atoms with Gasteiger partial charge in [-0.25, -0.2) is 4.68 Å². The van der Waals surface area contributed by atoms with Crippen LogP contribution in [-0.2, 0) is 13.1 Å². The first-order valence-electron chi connectivity index (χ1n) is 6.23. The quantitative estimate of drug-likeness (QED) is 0.677. The van der Waals surface area contributed by atoms with Crippen LogP contribution >= 0.6 is 11.6 Å². The van der Waals surface area contributed by atoms with E-state index in [0.29, 0.717) is 29.6 Å². The van der Waals surface area contributed by atoms with E-state index in [1.54, 1.807) is 17.7 Å². The lowest BCUT2D eigenvalue weighted by Gasteiger charge is -2.08. The van der Waals surface area contributed by atoms with E-state index in [4.69, 9.17) is 11.6 Å². The van der Waals surface area contributed by atoms with E-state index in [-0.39, 0.29) is 5.69 Å². The topological polar surface area (TPSA) is 73.0 Å². The highest BCUT2D eigenvalue weighted by Crippen LogP contribution is 2.29. The van der Waals surface area contributed by atoms with Crippen LogP contribution < -0.4 is 5.32 Å². The van der Waals surface area contributed by atoms with E-state index < -0.39 is 4.92 Å². The lowest BCUT2D eigenvalue weighted by Crippen LogP contribution is -2.08. The molecular formula is C13H15ClN4O2. The Bertz CT molecular complexity index is 639. The van der Waals surface area contributed by atoms with E-state index in [0.717, 1.165) is 5.56 Å². The maximum Gasteiger partial charge on any atom is 0.333 e. The summed E-state index contributed by atoms with van der Waals surface area (Å²) in [6, 6.07) is 7.38. The summed E-state index contributed by atoms with van der Waals surface area (Å²) >= 11 is 6.08. The number of benzene rings is 1. The summed E-state index contributed by atoms with van der Waals surface area (Å²) in [5.41, 5.74) is 1.29. The summed E-state index contributed by atoms with van der Waals surface area (Å²) in [4.78, 5) is 10.7. The van der Waals surface area contributed by atoms with Crippen molar-refractivity contribution < 1.29 is 4.92 Å². The lowest BCUT2D eigenvalue weighted by molar-refractivity contribution is -0.384. The van der Waals surface area contributed by atoms with Gasteiger partial charge in [0.1, 0.15) is 5.69 Å². The van der Waals surface area contributed by atoms with Crippen molar-refractivity contribution in [2.24, 2.45) is 0 Å². The smallest absolute Gasteiger partial charge is 0.333 e. The minimum absolute atomic E-state index is 0.0129. The van der Waals surface area contributed by atoms with Crippen LogP contribution in [-0.4, -0.2) is 14.7 Å². The van der Waals surface area contributed by atoms with Gasteiger partial charge in [-0.15, -0.1) is 0 Å². The van der Waals surface area contributed by atoms with Crippen molar-refractivity contribution in [1.82, 2.24) is 9.78 Å². The van der Waals surface area contributed by atoms with Gasteiger partial charge in [0.15, 0.2) is 0 Å². The van der Waals surface area contributed by atoms with Crippen molar-refractivity contribution in [2.45, 2.75) is 26.9 Å². The molecule has 1 heterocycles. The molecule has 1 aromatic heterocycles. The van der Waals surface area contributed by atoms with Crippen LogP contribution in [0, 0.1) is 17.0 Å². The predicted octanol–water partition coefficient (Wildman–Crippen LogP) is 3.39. The maximum absolute atomic E-state index is 11.1. The molecule has 7 heteroatoms. The molecule has 0 radical (unpaired) electrons. The van der Waals surface area contributed by atoms with E-state index in [1.165, 1.54) is 0 Å². The molecule has 0 saturated carbocycles. The molecule has 2 aromatic rings. The Hall–Kier alpha value is -2.08. The Labute approximate surface area is 121 Å². The molecule has 1 aromatic carbocycles. The zero-order chi connectivity index (χ0) is 14.7. The second-order valence-corrected chi connectivity index (χ2v) is 4.71. The normalized spacial score (nSPS) is 10.6. The number of aromatic nitrogens is 2. The van der Waals surface area contributed by atoms with Gasteiger partial charge in [-0.1, -0.05) is 29.8 Å². The number of nitro groups is 1. The second-order valence-electron chi connectivity index (χ2n) is 4.30. The van der Waals surface area contributed by atoms with Crippen molar-refractivity contribution in [1.29, 1.82) is 0 Å². The average molecular weight is 295 g/mol. The first kappa shape index (κ1) is 14.3. The highest BCUT2D eigenvalue weighted by atomic mass is 35.5. The zero-order valence-corrected chi connectivity index (χ0v) is 12.0.